The van der Waals surface area contributed by atoms with Crippen LogP contribution in [0.4, 0.5) is 0 Å². The predicted octanol–water partition coefficient (Wildman–Crippen LogP) is 2.05. The predicted molar refractivity (Wildman–Crippen MR) is 74.2 cm³/mol. The Morgan fingerprint density at radius 3 is 1.81 bits per heavy atom. The second-order valence-corrected chi connectivity index (χ2v) is 4.84. The summed E-state index contributed by atoms with van der Waals surface area (Å²) in [5.74, 6) is -4.07. The normalized spacial score (nSPS) is 12.0. The largest absolute Gasteiger partial charge is 0.478 e. The van der Waals surface area contributed by atoms with Gasteiger partial charge in [0.1, 0.15) is 0 Å². The van der Waals surface area contributed by atoms with E-state index in [1.807, 2.05) is 0 Å². The van der Waals surface area contributed by atoms with Crippen LogP contribution in [0.2, 0.25) is 0 Å². The number of carboxylic acids is 3. The second kappa shape index (κ2) is 6.69. The van der Waals surface area contributed by atoms with Gasteiger partial charge in [-0.2, -0.15) is 0 Å². The fraction of sp³-hybridized carbons (Fsp3) is 0.267. The Labute approximate surface area is 121 Å². The van der Waals surface area contributed by atoms with Gasteiger partial charge in [-0.25, -0.2) is 14.4 Å². The molecule has 0 bridgehead atoms. The van der Waals surface area contributed by atoms with Gasteiger partial charge in [-0.05, 0) is 23.6 Å². The van der Waals surface area contributed by atoms with Crippen molar-refractivity contribution in [1.29, 1.82) is 0 Å². The zero-order valence-corrected chi connectivity index (χ0v) is 11.7. The van der Waals surface area contributed by atoms with Crippen molar-refractivity contribution >= 4 is 17.9 Å². The van der Waals surface area contributed by atoms with Crippen LogP contribution in [0, 0.1) is 5.92 Å². The smallest absolute Gasteiger partial charge is 0.335 e. The molecular weight excluding hydrogens is 276 g/mol. The molecule has 1 aromatic carbocycles. The van der Waals surface area contributed by atoms with E-state index in [9.17, 15) is 19.5 Å². The van der Waals surface area contributed by atoms with Crippen molar-refractivity contribution in [3.8, 4) is 0 Å². The summed E-state index contributed by atoms with van der Waals surface area (Å²) in [7, 11) is 0. The Morgan fingerprint density at radius 1 is 0.952 bits per heavy atom. The van der Waals surface area contributed by atoms with Gasteiger partial charge in [-0.15, -0.1) is 0 Å². The third-order valence-corrected chi connectivity index (χ3v) is 2.97. The topological polar surface area (TPSA) is 112 Å². The maximum atomic E-state index is 11.3. The van der Waals surface area contributed by atoms with Crippen LogP contribution in [0.3, 0.4) is 0 Å². The maximum absolute atomic E-state index is 11.3. The van der Waals surface area contributed by atoms with Crippen LogP contribution in [0.25, 0.3) is 0 Å². The number of carbonyl (C=O) groups is 3. The molecule has 0 unspecified atom stereocenters. The van der Waals surface area contributed by atoms with Gasteiger partial charge in [0.25, 0.3) is 0 Å². The number of hydrogen-bond acceptors (Lipinski definition) is 3. The van der Waals surface area contributed by atoms with Crippen LogP contribution in [0.15, 0.2) is 35.4 Å². The highest BCUT2D eigenvalue weighted by Crippen LogP contribution is 2.20. The fourth-order valence-electron chi connectivity index (χ4n) is 1.98. The van der Waals surface area contributed by atoms with Crippen LogP contribution >= 0.6 is 0 Å². The molecule has 0 atom stereocenters. The molecule has 112 valence electrons. The zero-order chi connectivity index (χ0) is 16.2. The van der Waals surface area contributed by atoms with Gasteiger partial charge in [-0.1, -0.05) is 26.0 Å². The van der Waals surface area contributed by atoms with Crippen LogP contribution in [-0.2, 0) is 16.0 Å². The second-order valence-electron chi connectivity index (χ2n) is 4.84. The number of aliphatic carboxylic acids is 2. The molecule has 21 heavy (non-hydrogen) atoms. The van der Waals surface area contributed by atoms with E-state index in [0.29, 0.717) is 5.56 Å². The molecule has 0 saturated heterocycles. The van der Waals surface area contributed by atoms with E-state index in [-0.39, 0.29) is 23.1 Å². The van der Waals surface area contributed by atoms with E-state index >= 15 is 0 Å². The number of carboxylic acid groups (broad SMARTS) is 3. The Kier molecular flexibility index (Phi) is 5.24. The lowest BCUT2D eigenvalue weighted by atomic mass is 9.92. The van der Waals surface area contributed by atoms with Gasteiger partial charge in [0.2, 0.25) is 0 Å². The minimum Gasteiger partial charge on any atom is -0.478 e. The van der Waals surface area contributed by atoms with Crippen molar-refractivity contribution in [1.82, 2.24) is 0 Å². The van der Waals surface area contributed by atoms with Crippen molar-refractivity contribution in [3.63, 3.8) is 0 Å². The van der Waals surface area contributed by atoms with E-state index in [0.717, 1.165) is 0 Å². The van der Waals surface area contributed by atoms with E-state index in [2.05, 4.69) is 0 Å². The molecule has 6 nitrogen and oxygen atoms in total. The minimum atomic E-state index is -1.29. The molecule has 0 radical (unpaired) electrons. The molecule has 0 spiro atoms. The summed E-state index contributed by atoms with van der Waals surface area (Å²) in [4.78, 5) is 33.3. The average molecular weight is 292 g/mol. The number of rotatable bonds is 6. The van der Waals surface area contributed by atoms with E-state index in [1.165, 1.54) is 24.3 Å². The average Bonchev–Trinajstić information content (AvgIpc) is 2.37. The minimum absolute atomic E-state index is 0.0744. The molecule has 0 heterocycles. The molecule has 0 aliphatic heterocycles. The van der Waals surface area contributed by atoms with E-state index < -0.39 is 23.8 Å². The molecule has 0 aromatic heterocycles. The van der Waals surface area contributed by atoms with Gasteiger partial charge < -0.3 is 15.3 Å². The summed E-state index contributed by atoms with van der Waals surface area (Å²) >= 11 is 0. The Hall–Kier alpha value is -2.63. The van der Waals surface area contributed by atoms with Gasteiger partial charge in [0, 0.05) is 6.42 Å². The number of hydrogen-bond donors (Lipinski definition) is 3. The van der Waals surface area contributed by atoms with Crippen molar-refractivity contribution in [2.45, 2.75) is 20.3 Å². The van der Waals surface area contributed by atoms with Crippen molar-refractivity contribution in [3.05, 3.63) is 46.5 Å². The Bertz CT molecular complexity index is 595. The van der Waals surface area contributed by atoms with Crippen LogP contribution in [0.1, 0.15) is 29.8 Å². The van der Waals surface area contributed by atoms with Gasteiger partial charge in [-0.3, -0.25) is 0 Å². The molecule has 0 saturated carbocycles. The number of benzene rings is 1. The summed E-state index contributed by atoms with van der Waals surface area (Å²) < 4.78 is 0. The summed E-state index contributed by atoms with van der Waals surface area (Å²) in [5.41, 5.74) is 0.282. The van der Waals surface area contributed by atoms with Crippen LogP contribution in [0.5, 0.6) is 0 Å². The highest BCUT2D eigenvalue weighted by atomic mass is 16.4. The zero-order valence-electron chi connectivity index (χ0n) is 11.7. The Morgan fingerprint density at radius 2 is 1.48 bits per heavy atom. The quantitative estimate of drug-likeness (QED) is 0.692. The lowest BCUT2D eigenvalue weighted by Gasteiger charge is -2.12. The first-order valence-corrected chi connectivity index (χ1v) is 6.26. The maximum Gasteiger partial charge on any atom is 0.335 e. The van der Waals surface area contributed by atoms with Crippen LogP contribution < -0.4 is 0 Å². The van der Waals surface area contributed by atoms with Crippen molar-refractivity contribution in [2.75, 3.05) is 0 Å². The van der Waals surface area contributed by atoms with Crippen LogP contribution in [-0.4, -0.2) is 33.2 Å². The highest BCUT2D eigenvalue weighted by molar-refractivity contribution is 5.99. The van der Waals surface area contributed by atoms with Gasteiger partial charge in [0.15, 0.2) is 0 Å². The van der Waals surface area contributed by atoms with Gasteiger partial charge in [0.05, 0.1) is 16.7 Å². The highest BCUT2D eigenvalue weighted by Gasteiger charge is 2.23. The lowest BCUT2D eigenvalue weighted by Crippen LogP contribution is -2.17. The molecule has 0 aliphatic rings. The SMILES string of the molecule is CC(C)C(C(=O)O)=C(Cc1ccc(C(=O)O)cc1)C(=O)O. The third-order valence-electron chi connectivity index (χ3n) is 2.97. The van der Waals surface area contributed by atoms with Gasteiger partial charge >= 0.3 is 17.9 Å². The molecule has 0 fully saturated rings. The monoisotopic (exact) mass is 292 g/mol. The standard InChI is InChI=1S/C15H16O6/c1-8(2)12(15(20)21)11(14(18)19)7-9-3-5-10(6-4-9)13(16)17/h3-6,8H,7H2,1-2H3,(H,16,17)(H,18,19)(H,20,21). The first-order chi connectivity index (χ1) is 9.73. The van der Waals surface area contributed by atoms with Crippen molar-refractivity contribution < 1.29 is 29.7 Å². The third kappa shape index (κ3) is 4.17. The van der Waals surface area contributed by atoms with Crippen molar-refractivity contribution in [2.24, 2.45) is 5.92 Å². The summed E-state index contributed by atoms with van der Waals surface area (Å²) in [5, 5.41) is 27.2. The van der Waals surface area contributed by atoms with E-state index in [1.54, 1.807) is 13.8 Å². The summed E-state index contributed by atoms with van der Waals surface area (Å²) in [6.07, 6.45) is -0.0744. The molecule has 0 aliphatic carbocycles. The first kappa shape index (κ1) is 16.4. The molecule has 6 heteroatoms. The summed E-state index contributed by atoms with van der Waals surface area (Å²) in [6.45, 7) is 3.22. The molecule has 1 rings (SSSR count). The first-order valence-electron chi connectivity index (χ1n) is 6.26. The molecule has 1 aromatic rings. The molecule has 3 N–H and O–H groups in total. The lowest BCUT2D eigenvalue weighted by molar-refractivity contribution is -0.136. The summed E-state index contributed by atoms with van der Waals surface area (Å²) in [6, 6.07) is 5.66. The number of aromatic carboxylic acids is 1. The van der Waals surface area contributed by atoms with E-state index in [4.69, 9.17) is 10.2 Å². The fourth-order valence-corrected chi connectivity index (χ4v) is 1.98. The molecule has 0 amide bonds. The Balaban J connectivity index is 3.20. The molecular formula is C15H16O6.